The van der Waals surface area contributed by atoms with E-state index in [0.717, 1.165) is 10.7 Å². The molecule has 0 saturated heterocycles. The summed E-state index contributed by atoms with van der Waals surface area (Å²) in [6.07, 6.45) is -5.55. The zero-order valence-corrected chi connectivity index (χ0v) is 23.5. The van der Waals surface area contributed by atoms with Crippen molar-refractivity contribution in [2.75, 3.05) is 11.1 Å². The zero-order valence-electron chi connectivity index (χ0n) is 23.5. The number of carbonyl (C=O) groups excluding carboxylic acids is 2. The number of hydrogen-bond donors (Lipinski definition) is 4. The Morgan fingerprint density at radius 1 is 0.977 bits per heavy atom. The van der Waals surface area contributed by atoms with Crippen molar-refractivity contribution in [2.45, 2.75) is 45.1 Å². The first-order chi connectivity index (χ1) is 20.1. The van der Waals surface area contributed by atoms with Crippen molar-refractivity contribution in [3.05, 3.63) is 107 Å². The molecule has 43 heavy (non-hydrogen) atoms. The van der Waals surface area contributed by atoms with Crippen LogP contribution < -0.4 is 22.1 Å². The average Bonchev–Trinajstić information content (AvgIpc) is 3.39. The average molecular weight is 599 g/mol. The van der Waals surface area contributed by atoms with Crippen molar-refractivity contribution in [1.82, 2.24) is 15.1 Å². The molecule has 0 spiro atoms. The summed E-state index contributed by atoms with van der Waals surface area (Å²) in [5.41, 5.74) is 11.4. The predicted octanol–water partition coefficient (Wildman–Crippen LogP) is 5.94. The van der Waals surface area contributed by atoms with Crippen LogP contribution in [0, 0.1) is 5.82 Å². The summed E-state index contributed by atoms with van der Waals surface area (Å²) in [4.78, 5) is 25.3. The number of benzene rings is 3. The van der Waals surface area contributed by atoms with E-state index in [0.29, 0.717) is 28.4 Å². The molecule has 0 aliphatic rings. The van der Waals surface area contributed by atoms with Crippen LogP contribution in [0.3, 0.4) is 0 Å². The van der Waals surface area contributed by atoms with Crippen LogP contribution in [0.5, 0.6) is 0 Å². The van der Waals surface area contributed by atoms with E-state index >= 15 is 0 Å². The van der Waals surface area contributed by atoms with Crippen LogP contribution in [0.15, 0.2) is 72.8 Å². The number of alkyl halides is 3. The first-order valence-corrected chi connectivity index (χ1v) is 13.1. The number of nitrogens with one attached hydrogen (secondary N) is 2. The van der Waals surface area contributed by atoms with Gasteiger partial charge in [0.15, 0.2) is 5.69 Å². The monoisotopic (exact) mass is 598 g/mol. The highest BCUT2D eigenvalue weighted by atomic mass is 19.4. The number of anilines is 2. The Kier molecular flexibility index (Phi) is 8.76. The third-order valence-corrected chi connectivity index (χ3v) is 6.12. The maximum absolute atomic E-state index is 14.8. The van der Waals surface area contributed by atoms with Gasteiger partial charge in [0.05, 0.1) is 17.4 Å². The summed E-state index contributed by atoms with van der Waals surface area (Å²) in [5.74, 6) is -1.86. The van der Waals surface area contributed by atoms with Crippen molar-refractivity contribution in [2.24, 2.45) is 5.73 Å². The topological polar surface area (TPSA) is 137 Å². The second-order valence-electron chi connectivity index (χ2n) is 10.7. The molecule has 0 radical (unpaired) electrons. The normalized spacial score (nSPS) is 12.5. The third-order valence-electron chi connectivity index (χ3n) is 6.12. The van der Waals surface area contributed by atoms with Crippen molar-refractivity contribution in [1.29, 1.82) is 0 Å². The molecule has 0 aliphatic carbocycles. The standard InChI is InChI=1S/C30H30F4N6O3/c1-29(2,3)43-28(42)37-16-17-5-4-6-21(13-17)40-24(15-25(39-40)30(32,33)34)27(41)38-23-14-19(9-12-22(23)31)26(36)18-7-10-20(35)11-8-18/h4-15,26H,16,35-36H2,1-3H3,(H,37,42)(H,38,41). The van der Waals surface area contributed by atoms with Gasteiger partial charge in [0.25, 0.3) is 5.91 Å². The van der Waals surface area contributed by atoms with E-state index in [-0.39, 0.29) is 17.9 Å². The molecule has 4 aromatic rings. The van der Waals surface area contributed by atoms with Crippen LogP contribution in [-0.2, 0) is 17.5 Å². The fraction of sp³-hybridized carbons (Fsp3) is 0.233. The number of halogens is 4. The number of ether oxygens (including phenoxy) is 1. The lowest BCUT2D eigenvalue weighted by Gasteiger charge is -2.19. The van der Waals surface area contributed by atoms with Gasteiger partial charge in [0, 0.05) is 18.3 Å². The van der Waals surface area contributed by atoms with Crippen LogP contribution >= 0.6 is 0 Å². The lowest BCUT2D eigenvalue weighted by molar-refractivity contribution is -0.141. The summed E-state index contributed by atoms with van der Waals surface area (Å²) in [7, 11) is 0. The Hall–Kier alpha value is -4.91. The molecule has 4 rings (SSSR count). The Labute approximate surface area is 244 Å². The van der Waals surface area contributed by atoms with E-state index in [9.17, 15) is 27.2 Å². The van der Waals surface area contributed by atoms with E-state index in [1.165, 1.54) is 30.3 Å². The predicted molar refractivity (Wildman–Crippen MR) is 153 cm³/mol. The minimum atomic E-state index is -4.87. The van der Waals surface area contributed by atoms with Gasteiger partial charge in [-0.1, -0.05) is 30.3 Å². The number of aromatic nitrogens is 2. The van der Waals surface area contributed by atoms with E-state index in [4.69, 9.17) is 16.2 Å². The van der Waals surface area contributed by atoms with E-state index < -0.39 is 47.0 Å². The molecule has 9 nitrogen and oxygen atoms in total. The van der Waals surface area contributed by atoms with Crippen LogP contribution in [0.4, 0.5) is 33.7 Å². The maximum Gasteiger partial charge on any atom is 0.435 e. The Bertz CT molecular complexity index is 1630. The Balaban J connectivity index is 1.62. The molecule has 1 atom stereocenters. The van der Waals surface area contributed by atoms with E-state index in [1.54, 1.807) is 51.1 Å². The van der Waals surface area contributed by atoms with Gasteiger partial charge in [-0.15, -0.1) is 0 Å². The van der Waals surface area contributed by atoms with E-state index in [2.05, 4.69) is 15.7 Å². The van der Waals surface area contributed by atoms with Gasteiger partial charge in [-0.25, -0.2) is 13.9 Å². The number of rotatable bonds is 7. The van der Waals surface area contributed by atoms with Gasteiger partial charge in [0.1, 0.15) is 17.1 Å². The maximum atomic E-state index is 14.8. The summed E-state index contributed by atoms with van der Waals surface area (Å²) >= 11 is 0. The lowest BCUT2D eigenvalue weighted by Crippen LogP contribution is -2.32. The number of alkyl carbamates (subject to hydrolysis) is 1. The Morgan fingerprint density at radius 3 is 2.30 bits per heavy atom. The second kappa shape index (κ2) is 12.1. The first kappa shape index (κ1) is 31.0. The number of nitrogens with two attached hydrogens (primary N) is 2. The molecule has 0 aliphatic heterocycles. The number of nitrogen functional groups attached to an aromatic ring is 1. The van der Waals surface area contributed by atoms with Crippen LogP contribution in [0.25, 0.3) is 5.69 Å². The number of carbonyl (C=O) groups is 2. The molecular weight excluding hydrogens is 568 g/mol. The van der Waals surface area contributed by atoms with Crippen molar-refractivity contribution in [3.63, 3.8) is 0 Å². The minimum Gasteiger partial charge on any atom is -0.444 e. The summed E-state index contributed by atoms with van der Waals surface area (Å²) in [6, 6.07) is 16.5. The van der Waals surface area contributed by atoms with Crippen molar-refractivity contribution >= 4 is 23.4 Å². The molecule has 3 aromatic carbocycles. The molecule has 2 amide bonds. The molecule has 226 valence electrons. The van der Waals surface area contributed by atoms with Crippen LogP contribution in [-0.4, -0.2) is 27.4 Å². The van der Waals surface area contributed by atoms with E-state index in [1.807, 2.05) is 0 Å². The SMILES string of the molecule is CC(C)(C)OC(=O)NCc1cccc(-n2nc(C(F)(F)F)cc2C(=O)Nc2cc(C(N)c3ccc(N)cc3)ccc2F)c1. The smallest absolute Gasteiger partial charge is 0.435 e. The molecule has 13 heteroatoms. The highest BCUT2D eigenvalue weighted by Crippen LogP contribution is 2.31. The molecule has 1 aromatic heterocycles. The zero-order chi connectivity index (χ0) is 31.5. The highest BCUT2D eigenvalue weighted by Gasteiger charge is 2.36. The summed E-state index contributed by atoms with van der Waals surface area (Å²) in [5, 5.41) is 8.51. The fourth-order valence-electron chi connectivity index (χ4n) is 4.08. The minimum absolute atomic E-state index is 0.00997. The molecule has 1 heterocycles. The van der Waals surface area contributed by atoms with Crippen LogP contribution in [0.1, 0.15) is 59.7 Å². The quantitative estimate of drug-likeness (QED) is 0.154. The highest BCUT2D eigenvalue weighted by molar-refractivity contribution is 6.03. The van der Waals surface area contributed by atoms with Gasteiger partial charge < -0.3 is 26.8 Å². The van der Waals surface area contributed by atoms with Crippen molar-refractivity contribution < 1.29 is 31.9 Å². The van der Waals surface area contributed by atoms with Crippen molar-refractivity contribution in [3.8, 4) is 5.69 Å². The molecule has 0 bridgehead atoms. The lowest BCUT2D eigenvalue weighted by atomic mass is 9.99. The molecule has 0 saturated carbocycles. The van der Waals surface area contributed by atoms with Gasteiger partial charge in [-0.05, 0) is 73.9 Å². The summed E-state index contributed by atoms with van der Waals surface area (Å²) < 4.78 is 61.7. The third kappa shape index (κ3) is 7.89. The van der Waals surface area contributed by atoms with Crippen LogP contribution in [0.2, 0.25) is 0 Å². The molecule has 0 fully saturated rings. The van der Waals surface area contributed by atoms with Gasteiger partial charge in [0.2, 0.25) is 0 Å². The van der Waals surface area contributed by atoms with Gasteiger partial charge in [-0.3, -0.25) is 4.79 Å². The molecule has 6 N–H and O–H groups in total. The Morgan fingerprint density at radius 2 is 1.65 bits per heavy atom. The number of nitrogens with zero attached hydrogens (tertiary/aromatic N) is 2. The largest absolute Gasteiger partial charge is 0.444 e. The number of amides is 2. The van der Waals surface area contributed by atoms with Gasteiger partial charge >= 0.3 is 12.3 Å². The molecular formula is C30H30F4N6O3. The molecule has 1 unspecified atom stereocenters. The second-order valence-corrected chi connectivity index (χ2v) is 10.7. The van der Waals surface area contributed by atoms with Gasteiger partial charge in [-0.2, -0.15) is 18.3 Å². The number of hydrogen-bond acceptors (Lipinski definition) is 6. The first-order valence-electron chi connectivity index (χ1n) is 13.1. The fourth-order valence-corrected chi connectivity index (χ4v) is 4.08. The summed E-state index contributed by atoms with van der Waals surface area (Å²) in [6.45, 7) is 5.09.